The van der Waals surface area contributed by atoms with Crippen molar-refractivity contribution in [2.75, 3.05) is 25.0 Å². The zero-order chi connectivity index (χ0) is 18.5. The summed E-state index contributed by atoms with van der Waals surface area (Å²) in [5, 5.41) is 11.2. The van der Waals surface area contributed by atoms with Gasteiger partial charge in [-0.1, -0.05) is 12.1 Å². The number of carbonyl (C=O) groups is 3. The Morgan fingerprint density at radius 2 is 2.15 bits per heavy atom. The van der Waals surface area contributed by atoms with Crippen molar-refractivity contribution < 1.29 is 24.2 Å². The Morgan fingerprint density at radius 1 is 1.35 bits per heavy atom. The normalized spacial score (nSPS) is 21.8. The van der Waals surface area contributed by atoms with Crippen LogP contribution in [0.1, 0.15) is 25.7 Å². The predicted molar refractivity (Wildman–Crippen MR) is 97.1 cm³/mol. The van der Waals surface area contributed by atoms with Gasteiger partial charge in [0.1, 0.15) is 0 Å². The smallest absolute Gasteiger partial charge is 0.305 e. The Bertz CT molecular complexity index is 690. The molecule has 2 atom stereocenters. The van der Waals surface area contributed by atoms with E-state index in [2.05, 4.69) is 5.32 Å². The van der Waals surface area contributed by atoms with E-state index in [9.17, 15) is 14.4 Å². The standard InChI is InChI=1S/C18H22N2O5S/c21-16(20(8-7-17(22)23)11-12-4-3-9-25-12)10-15-18(24)19-13-5-1-2-6-14(13)26-15/h1-2,5-6,12,15H,3-4,7-11H2,(H,19,24)(H,22,23)/t12-,15+/m0/s1. The maximum atomic E-state index is 12.8. The predicted octanol–water partition coefficient (Wildman–Crippen LogP) is 1.97. The first-order valence-electron chi connectivity index (χ1n) is 8.70. The van der Waals surface area contributed by atoms with E-state index >= 15 is 0 Å². The van der Waals surface area contributed by atoms with Crippen LogP contribution in [0.2, 0.25) is 0 Å². The third-order valence-electron chi connectivity index (χ3n) is 4.46. The van der Waals surface area contributed by atoms with Crippen LogP contribution < -0.4 is 5.32 Å². The highest BCUT2D eigenvalue weighted by molar-refractivity contribution is 8.01. The lowest BCUT2D eigenvalue weighted by molar-refractivity contribution is -0.139. The summed E-state index contributed by atoms with van der Waals surface area (Å²) >= 11 is 1.37. The van der Waals surface area contributed by atoms with Crippen molar-refractivity contribution in [1.82, 2.24) is 4.90 Å². The molecular formula is C18H22N2O5S. The number of hydrogen-bond acceptors (Lipinski definition) is 5. The number of ether oxygens (including phenoxy) is 1. The molecule has 0 saturated carbocycles. The van der Waals surface area contributed by atoms with E-state index in [0.717, 1.165) is 23.4 Å². The van der Waals surface area contributed by atoms with Gasteiger partial charge in [0.25, 0.3) is 0 Å². The number of rotatable bonds is 7. The van der Waals surface area contributed by atoms with Crippen LogP contribution in [-0.4, -0.2) is 58.8 Å². The number of thioether (sulfide) groups is 1. The van der Waals surface area contributed by atoms with E-state index < -0.39 is 11.2 Å². The maximum absolute atomic E-state index is 12.8. The number of carbonyl (C=O) groups excluding carboxylic acids is 2. The van der Waals surface area contributed by atoms with E-state index in [1.807, 2.05) is 24.3 Å². The molecule has 26 heavy (non-hydrogen) atoms. The Balaban J connectivity index is 1.64. The molecule has 2 aliphatic heterocycles. The maximum Gasteiger partial charge on any atom is 0.305 e. The summed E-state index contributed by atoms with van der Waals surface area (Å²) in [5.74, 6) is -1.36. The molecule has 1 aromatic rings. The minimum atomic E-state index is -0.950. The first kappa shape index (κ1) is 18.7. The van der Waals surface area contributed by atoms with Crippen LogP contribution in [0.4, 0.5) is 5.69 Å². The molecule has 2 N–H and O–H groups in total. The van der Waals surface area contributed by atoms with Gasteiger partial charge in [-0.05, 0) is 25.0 Å². The Kier molecular flexibility index (Phi) is 6.16. The fourth-order valence-corrected chi connectivity index (χ4v) is 4.20. The molecule has 3 rings (SSSR count). The van der Waals surface area contributed by atoms with Gasteiger partial charge in [0, 0.05) is 31.0 Å². The third-order valence-corrected chi connectivity index (χ3v) is 5.74. The number of hydrogen-bond donors (Lipinski definition) is 2. The van der Waals surface area contributed by atoms with Crippen molar-refractivity contribution in [3.63, 3.8) is 0 Å². The van der Waals surface area contributed by atoms with Crippen molar-refractivity contribution in [2.45, 2.75) is 41.9 Å². The van der Waals surface area contributed by atoms with Crippen LogP contribution in [0.3, 0.4) is 0 Å². The number of para-hydroxylation sites is 1. The van der Waals surface area contributed by atoms with Gasteiger partial charge in [-0.2, -0.15) is 0 Å². The highest BCUT2D eigenvalue weighted by Crippen LogP contribution is 2.36. The minimum Gasteiger partial charge on any atom is -0.481 e. The second-order valence-electron chi connectivity index (χ2n) is 6.41. The number of nitrogens with one attached hydrogen (secondary N) is 1. The SMILES string of the molecule is O=C(O)CCN(C[C@@H]1CCCO1)C(=O)C[C@H]1Sc2ccccc2NC1=O. The van der Waals surface area contributed by atoms with E-state index in [-0.39, 0.29) is 37.3 Å². The van der Waals surface area contributed by atoms with Crippen molar-refractivity contribution in [3.8, 4) is 0 Å². The number of nitrogens with zero attached hydrogens (tertiary/aromatic N) is 1. The van der Waals surface area contributed by atoms with Crippen LogP contribution in [0.15, 0.2) is 29.2 Å². The highest BCUT2D eigenvalue weighted by atomic mass is 32.2. The van der Waals surface area contributed by atoms with Gasteiger partial charge in [-0.25, -0.2) is 0 Å². The van der Waals surface area contributed by atoms with Crippen molar-refractivity contribution in [3.05, 3.63) is 24.3 Å². The van der Waals surface area contributed by atoms with E-state index in [1.165, 1.54) is 16.7 Å². The minimum absolute atomic E-state index is 0.0389. The average molecular weight is 378 g/mol. The van der Waals surface area contributed by atoms with Gasteiger partial charge in [0.15, 0.2) is 0 Å². The van der Waals surface area contributed by atoms with Crippen molar-refractivity contribution >= 4 is 35.2 Å². The number of fused-ring (bicyclic) bond motifs is 1. The third kappa shape index (κ3) is 4.76. The first-order valence-corrected chi connectivity index (χ1v) is 9.58. The zero-order valence-corrected chi connectivity index (χ0v) is 15.2. The largest absolute Gasteiger partial charge is 0.481 e. The van der Waals surface area contributed by atoms with Gasteiger partial charge >= 0.3 is 5.97 Å². The number of carboxylic acid groups (broad SMARTS) is 1. The lowest BCUT2D eigenvalue weighted by Crippen LogP contribution is -2.41. The van der Waals surface area contributed by atoms with E-state index in [1.54, 1.807) is 0 Å². The zero-order valence-electron chi connectivity index (χ0n) is 14.3. The fourth-order valence-electron chi connectivity index (χ4n) is 3.10. The molecule has 0 aromatic heterocycles. The second-order valence-corrected chi connectivity index (χ2v) is 7.66. The summed E-state index contributed by atoms with van der Waals surface area (Å²) in [6.07, 6.45) is 1.68. The molecule has 1 fully saturated rings. The highest BCUT2D eigenvalue weighted by Gasteiger charge is 2.31. The average Bonchev–Trinajstić information content (AvgIpc) is 3.12. The molecule has 2 heterocycles. The molecule has 2 amide bonds. The summed E-state index contributed by atoms with van der Waals surface area (Å²) in [5.41, 5.74) is 0.758. The van der Waals surface area contributed by atoms with Crippen molar-refractivity contribution in [1.29, 1.82) is 0 Å². The molecule has 7 nitrogen and oxygen atoms in total. The van der Waals surface area contributed by atoms with Crippen molar-refractivity contribution in [2.24, 2.45) is 0 Å². The number of anilines is 1. The molecule has 0 unspecified atom stereocenters. The summed E-state index contributed by atoms with van der Waals surface area (Å²) in [6.45, 7) is 1.18. The molecule has 1 saturated heterocycles. The van der Waals surface area contributed by atoms with Crippen LogP contribution in [0.5, 0.6) is 0 Å². The van der Waals surface area contributed by atoms with Gasteiger partial charge in [0.05, 0.1) is 23.5 Å². The quantitative estimate of drug-likeness (QED) is 0.753. The molecule has 0 aliphatic carbocycles. The molecule has 0 bridgehead atoms. The van der Waals surface area contributed by atoms with Crippen LogP contribution in [0, 0.1) is 0 Å². The Hall–Kier alpha value is -2.06. The lowest BCUT2D eigenvalue weighted by atomic mass is 10.2. The fraction of sp³-hybridized carbons (Fsp3) is 0.500. The monoisotopic (exact) mass is 378 g/mol. The molecular weight excluding hydrogens is 356 g/mol. The van der Waals surface area contributed by atoms with Gasteiger partial charge in [-0.3, -0.25) is 14.4 Å². The molecule has 1 aromatic carbocycles. The molecule has 8 heteroatoms. The van der Waals surface area contributed by atoms with Crippen LogP contribution in [0.25, 0.3) is 0 Å². The molecule has 0 spiro atoms. The molecule has 2 aliphatic rings. The lowest BCUT2D eigenvalue weighted by Gasteiger charge is -2.28. The summed E-state index contributed by atoms with van der Waals surface area (Å²) in [7, 11) is 0. The molecule has 0 radical (unpaired) electrons. The first-order chi connectivity index (χ1) is 12.5. The van der Waals surface area contributed by atoms with E-state index in [4.69, 9.17) is 9.84 Å². The van der Waals surface area contributed by atoms with Gasteiger partial charge in [0.2, 0.25) is 11.8 Å². The summed E-state index contributed by atoms with van der Waals surface area (Å²) in [6, 6.07) is 7.47. The summed E-state index contributed by atoms with van der Waals surface area (Å²) < 4.78 is 5.57. The van der Waals surface area contributed by atoms with Crippen LogP contribution >= 0.6 is 11.8 Å². The van der Waals surface area contributed by atoms with E-state index in [0.29, 0.717) is 13.2 Å². The Labute approximate surface area is 156 Å². The number of carboxylic acids is 1. The van der Waals surface area contributed by atoms with Gasteiger partial charge < -0.3 is 20.1 Å². The topological polar surface area (TPSA) is 95.9 Å². The second kappa shape index (κ2) is 8.55. The number of amides is 2. The Morgan fingerprint density at radius 3 is 2.88 bits per heavy atom. The molecule has 140 valence electrons. The number of benzene rings is 1. The van der Waals surface area contributed by atoms with Crippen LogP contribution in [-0.2, 0) is 19.1 Å². The van der Waals surface area contributed by atoms with Gasteiger partial charge in [-0.15, -0.1) is 11.8 Å². The number of aliphatic carboxylic acids is 1. The summed E-state index contributed by atoms with van der Waals surface area (Å²) in [4.78, 5) is 38.4.